The fraction of sp³-hybridized carbons (Fsp3) is 0.286. The maximum absolute atomic E-state index is 12.4. The number of ether oxygens (including phenoxy) is 1. The largest absolute Gasteiger partial charge is 0.484 e. The first-order chi connectivity index (χ1) is 13.3. The lowest BCUT2D eigenvalue weighted by molar-refractivity contribution is -0.134. The molecule has 138 valence electrons. The lowest BCUT2D eigenvalue weighted by atomic mass is 10.1. The van der Waals surface area contributed by atoms with Gasteiger partial charge in [-0.2, -0.15) is 0 Å². The van der Waals surface area contributed by atoms with Crippen molar-refractivity contribution < 1.29 is 9.53 Å². The summed E-state index contributed by atoms with van der Waals surface area (Å²) < 4.78 is 7.57. The molecule has 0 saturated carbocycles. The van der Waals surface area contributed by atoms with E-state index in [0.29, 0.717) is 11.8 Å². The summed E-state index contributed by atoms with van der Waals surface area (Å²) in [6.07, 6.45) is 5.35. The average molecular weight is 362 g/mol. The Morgan fingerprint density at radius 3 is 2.37 bits per heavy atom. The number of aromatic nitrogens is 3. The fourth-order valence-corrected chi connectivity index (χ4v) is 3.40. The summed E-state index contributed by atoms with van der Waals surface area (Å²) in [4.78, 5) is 14.3. The molecule has 3 aromatic rings. The highest BCUT2D eigenvalue weighted by molar-refractivity contribution is 5.78. The molecule has 1 aliphatic rings. The van der Waals surface area contributed by atoms with Gasteiger partial charge in [-0.15, -0.1) is 5.10 Å². The Bertz CT molecular complexity index is 855. The van der Waals surface area contributed by atoms with Gasteiger partial charge in [0.15, 0.2) is 6.61 Å². The summed E-state index contributed by atoms with van der Waals surface area (Å²) in [5.74, 6) is 0.736. The minimum absolute atomic E-state index is 0.0270. The Labute approximate surface area is 158 Å². The van der Waals surface area contributed by atoms with Gasteiger partial charge >= 0.3 is 0 Å². The highest BCUT2D eigenvalue weighted by Gasteiger charge is 2.24. The molecule has 6 heteroatoms. The highest BCUT2D eigenvalue weighted by atomic mass is 16.5. The van der Waals surface area contributed by atoms with Crippen molar-refractivity contribution >= 4 is 5.91 Å². The van der Waals surface area contributed by atoms with Gasteiger partial charge in [-0.3, -0.25) is 4.79 Å². The number of hydrogen-bond acceptors (Lipinski definition) is 4. The number of benzene rings is 2. The van der Waals surface area contributed by atoms with Crippen molar-refractivity contribution in [2.75, 3.05) is 19.7 Å². The van der Waals surface area contributed by atoms with Gasteiger partial charge in [-0.05, 0) is 36.1 Å². The zero-order valence-electron chi connectivity index (χ0n) is 15.1. The molecule has 1 aliphatic heterocycles. The smallest absolute Gasteiger partial charge is 0.260 e. The van der Waals surface area contributed by atoms with Crippen LogP contribution in [0.3, 0.4) is 0 Å². The molecule has 27 heavy (non-hydrogen) atoms. The van der Waals surface area contributed by atoms with Gasteiger partial charge in [0.1, 0.15) is 5.75 Å². The number of carbonyl (C=O) groups excluding carboxylic acids is 1. The third-order valence-corrected chi connectivity index (χ3v) is 4.96. The molecule has 2 aromatic carbocycles. The van der Waals surface area contributed by atoms with E-state index in [0.717, 1.165) is 37.1 Å². The molecule has 0 unspecified atom stereocenters. The minimum Gasteiger partial charge on any atom is -0.484 e. The topological polar surface area (TPSA) is 60.2 Å². The summed E-state index contributed by atoms with van der Waals surface area (Å²) in [6, 6.07) is 18.3. The van der Waals surface area contributed by atoms with Crippen molar-refractivity contribution in [3.63, 3.8) is 0 Å². The maximum atomic E-state index is 12.4. The van der Waals surface area contributed by atoms with E-state index in [1.165, 1.54) is 0 Å². The van der Waals surface area contributed by atoms with E-state index in [1.807, 2.05) is 58.2 Å². The second-order valence-corrected chi connectivity index (χ2v) is 6.67. The first-order valence-corrected chi connectivity index (χ1v) is 9.21. The van der Waals surface area contributed by atoms with Crippen LogP contribution in [0.5, 0.6) is 5.75 Å². The number of carbonyl (C=O) groups is 1. The Morgan fingerprint density at radius 2 is 1.70 bits per heavy atom. The standard InChI is InChI=1S/C21H22N4O2/c26-21(24-13-10-19(11-14-24)25-15-12-22-23-25)16-27-20-8-6-18(7-9-20)17-4-2-1-3-5-17/h1-9,12,15,19H,10-11,13-14,16H2. The summed E-state index contributed by atoms with van der Waals surface area (Å²) in [5.41, 5.74) is 2.29. The second-order valence-electron chi connectivity index (χ2n) is 6.67. The fourth-order valence-electron chi connectivity index (χ4n) is 3.40. The number of amides is 1. The van der Waals surface area contributed by atoms with Crippen LogP contribution in [0.2, 0.25) is 0 Å². The van der Waals surface area contributed by atoms with E-state index in [1.54, 1.807) is 6.20 Å². The van der Waals surface area contributed by atoms with Crippen LogP contribution >= 0.6 is 0 Å². The van der Waals surface area contributed by atoms with Gasteiger partial charge in [-0.1, -0.05) is 47.7 Å². The van der Waals surface area contributed by atoms with Gasteiger partial charge in [-0.25, -0.2) is 4.68 Å². The highest BCUT2D eigenvalue weighted by Crippen LogP contribution is 2.23. The van der Waals surface area contributed by atoms with E-state index in [4.69, 9.17) is 4.74 Å². The van der Waals surface area contributed by atoms with Crippen LogP contribution in [0.4, 0.5) is 0 Å². The lowest BCUT2D eigenvalue weighted by Crippen LogP contribution is -2.41. The molecule has 4 rings (SSSR count). The molecule has 0 atom stereocenters. The van der Waals surface area contributed by atoms with Crippen LogP contribution in [0.15, 0.2) is 67.0 Å². The number of hydrogen-bond donors (Lipinski definition) is 0. The van der Waals surface area contributed by atoms with Crippen molar-refractivity contribution in [3.05, 3.63) is 67.0 Å². The Balaban J connectivity index is 1.27. The van der Waals surface area contributed by atoms with Gasteiger partial charge in [0.05, 0.1) is 12.2 Å². The molecular formula is C21H22N4O2. The SMILES string of the molecule is O=C(COc1ccc(-c2ccccc2)cc1)N1CCC(n2ccnn2)CC1. The molecule has 0 spiro atoms. The van der Waals surface area contributed by atoms with Crippen molar-refractivity contribution in [3.8, 4) is 16.9 Å². The van der Waals surface area contributed by atoms with Crippen molar-refractivity contribution in [1.82, 2.24) is 19.9 Å². The Morgan fingerprint density at radius 1 is 1.00 bits per heavy atom. The van der Waals surface area contributed by atoms with Crippen LogP contribution in [-0.2, 0) is 4.79 Å². The van der Waals surface area contributed by atoms with Crippen LogP contribution in [0, 0.1) is 0 Å². The van der Waals surface area contributed by atoms with Crippen LogP contribution in [-0.4, -0.2) is 45.5 Å². The van der Waals surface area contributed by atoms with Crippen molar-refractivity contribution in [1.29, 1.82) is 0 Å². The number of rotatable bonds is 5. The summed E-state index contributed by atoms with van der Waals surface area (Å²) in [5, 5.41) is 7.91. The first kappa shape index (κ1) is 17.3. The zero-order valence-corrected chi connectivity index (χ0v) is 15.1. The quantitative estimate of drug-likeness (QED) is 0.699. The monoisotopic (exact) mass is 362 g/mol. The molecule has 0 aliphatic carbocycles. The first-order valence-electron chi connectivity index (χ1n) is 9.21. The molecule has 2 heterocycles. The summed E-state index contributed by atoms with van der Waals surface area (Å²) in [7, 11) is 0. The van der Waals surface area contributed by atoms with Crippen LogP contribution in [0.25, 0.3) is 11.1 Å². The van der Waals surface area contributed by atoms with E-state index in [2.05, 4.69) is 22.4 Å². The molecule has 0 bridgehead atoms. The minimum atomic E-state index is 0.0270. The normalized spacial score (nSPS) is 14.9. The summed E-state index contributed by atoms with van der Waals surface area (Å²) in [6.45, 7) is 1.51. The molecule has 0 radical (unpaired) electrons. The van der Waals surface area contributed by atoms with Crippen LogP contribution < -0.4 is 4.74 Å². The number of piperidine rings is 1. The molecule has 1 saturated heterocycles. The van der Waals surface area contributed by atoms with Crippen molar-refractivity contribution in [2.24, 2.45) is 0 Å². The van der Waals surface area contributed by atoms with E-state index in [-0.39, 0.29) is 12.5 Å². The molecule has 1 aromatic heterocycles. The predicted octanol–water partition coefficient (Wildman–Crippen LogP) is 3.19. The molecule has 1 amide bonds. The van der Waals surface area contributed by atoms with Gasteiger partial charge in [0.25, 0.3) is 5.91 Å². The average Bonchev–Trinajstić information content (AvgIpc) is 3.28. The molecular weight excluding hydrogens is 340 g/mol. The maximum Gasteiger partial charge on any atom is 0.260 e. The summed E-state index contributed by atoms with van der Waals surface area (Å²) >= 11 is 0. The third-order valence-electron chi connectivity index (χ3n) is 4.96. The number of nitrogens with zero attached hydrogens (tertiary/aromatic N) is 4. The van der Waals surface area contributed by atoms with Gasteiger partial charge < -0.3 is 9.64 Å². The second kappa shape index (κ2) is 8.03. The molecule has 1 fully saturated rings. The van der Waals surface area contributed by atoms with E-state index in [9.17, 15) is 4.79 Å². The lowest BCUT2D eigenvalue weighted by Gasteiger charge is -2.31. The van der Waals surface area contributed by atoms with E-state index >= 15 is 0 Å². The van der Waals surface area contributed by atoms with E-state index < -0.39 is 0 Å². The zero-order chi connectivity index (χ0) is 18.5. The van der Waals surface area contributed by atoms with Gasteiger partial charge in [0, 0.05) is 19.3 Å². The molecule has 0 N–H and O–H groups in total. The molecule has 6 nitrogen and oxygen atoms in total. The third kappa shape index (κ3) is 4.16. The Hall–Kier alpha value is -3.15. The van der Waals surface area contributed by atoms with Crippen LogP contribution in [0.1, 0.15) is 18.9 Å². The predicted molar refractivity (Wildman–Crippen MR) is 102 cm³/mol. The Kier molecular flexibility index (Phi) is 5.14. The van der Waals surface area contributed by atoms with Gasteiger partial charge in [0.2, 0.25) is 0 Å². The van der Waals surface area contributed by atoms with Crippen molar-refractivity contribution in [2.45, 2.75) is 18.9 Å². The number of likely N-dealkylation sites (tertiary alicyclic amines) is 1.